The molecule has 1 aromatic heterocycles. The minimum atomic E-state index is -0.419. The zero-order valence-corrected chi connectivity index (χ0v) is 8.60. The Morgan fingerprint density at radius 3 is 2.69 bits per heavy atom. The van der Waals surface area contributed by atoms with Crippen LogP contribution in [0.4, 0.5) is 5.69 Å². The maximum Gasteiger partial charge on any atom is 0.248 e. The van der Waals surface area contributed by atoms with Gasteiger partial charge in [0, 0.05) is 23.6 Å². The van der Waals surface area contributed by atoms with Crippen LogP contribution in [0.1, 0.15) is 16.2 Å². The van der Waals surface area contributed by atoms with Crippen molar-refractivity contribution in [1.82, 2.24) is 9.97 Å². The van der Waals surface area contributed by atoms with Gasteiger partial charge in [0.25, 0.3) is 0 Å². The first-order valence-corrected chi connectivity index (χ1v) is 4.88. The van der Waals surface area contributed by atoms with Crippen molar-refractivity contribution < 1.29 is 4.79 Å². The Balaban J connectivity index is 1.98. The zero-order chi connectivity index (χ0) is 11.4. The molecule has 0 spiro atoms. The fourth-order valence-electron chi connectivity index (χ4n) is 1.33. The number of nitrogens with two attached hydrogens (primary N) is 1. The van der Waals surface area contributed by atoms with Crippen molar-refractivity contribution in [3.63, 3.8) is 0 Å². The van der Waals surface area contributed by atoms with Crippen molar-refractivity contribution in [2.24, 2.45) is 5.73 Å². The normalized spacial score (nSPS) is 10.0. The average molecular weight is 216 g/mol. The van der Waals surface area contributed by atoms with E-state index < -0.39 is 5.91 Å². The van der Waals surface area contributed by atoms with Crippen LogP contribution in [0, 0.1) is 0 Å². The van der Waals surface area contributed by atoms with Crippen LogP contribution in [-0.2, 0) is 6.54 Å². The fourth-order valence-corrected chi connectivity index (χ4v) is 1.33. The molecular weight excluding hydrogens is 204 g/mol. The first-order valence-electron chi connectivity index (χ1n) is 4.88. The van der Waals surface area contributed by atoms with Gasteiger partial charge in [-0.2, -0.15) is 0 Å². The fraction of sp³-hybridized carbons (Fsp3) is 0.0909. The number of hydrogen-bond donors (Lipinski definition) is 3. The number of nitrogens with zero attached hydrogens (tertiary/aromatic N) is 1. The minimum absolute atomic E-state index is 0.419. The molecular formula is C11H12N4O. The Hall–Kier alpha value is -2.30. The van der Waals surface area contributed by atoms with Crippen LogP contribution in [0.3, 0.4) is 0 Å². The number of carbonyl (C=O) groups is 1. The molecule has 1 amide bonds. The van der Waals surface area contributed by atoms with Crippen LogP contribution in [0.15, 0.2) is 36.7 Å². The third-order valence-corrected chi connectivity index (χ3v) is 2.18. The number of H-pyrrole nitrogens is 1. The molecule has 0 saturated carbocycles. The number of hydrogen-bond acceptors (Lipinski definition) is 3. The molecule has 0 aliphatic heterocycles. The average Bonchev–Trinajstić information content (AvgIpc) is 2.80. The van der Waals surface area contributed by atoms with Crippen LogP contribution in [0.5, 0.6) is 0 Å². The molecule has 2 rings (SSSR count). The van der Waals surface area contributed by atoms with E-state index in [0.29, 0.717) is 12.1 Å². The number of aromatic amines is 1. The van der Waals surface area contributed by atoms with Crippen molar-refractivity contribution in [3.05, 3.63) is 48.0 Å². The topological polar surface area (TPSA) is 83.8 Å². The van der Waals surface area contributed by atoms with Gasteiger partial charge in [-0.05, 0) is 24.3 Å². The van der Waals surface area contributed by atoms with E-state index in [1.807, 2.05) is 12.1 Å². The summed E-state index contributed by atoms with van der Waals surface area (Å²) in [7, 11) is 0. The van der Waals surface area contributed by atoms with Crippen LogP contribution >= 0.6 is 0 Å². The van der Waals surface area contributed by atoms with E-state index in [9.17, 15) is 4.79 Å². The largest absolute Gasteiger partial charge is 0.378 e. The molecule has 0 aliphatic carbocycles. The Morgan fingerprint density at radius 1 is 1.38 bits per heavy atom. The van der Waals surface area contributed by atoms with Crippen molar-refractivity contribution in [3.8, 4) is 0 Å². The van der Waals surface area contributed by atoms with Crippen LogP contribution in [0.2, 0.25) is 0 Å². The van der Waals surface area contributed by atoms with E-state index in [2.05, 4.69) is 15.3 Å². The Labute approximate surface area is 92.7 Å². The van der Waals surface area contributed by atoms with E-state index in [1.54, 1.807) is 24.5 Å². The molecule has 0 unspecified atom stereocenters. The predicted octanol–water partition coefficient (Wildman–Crippen LogP) is 1.12. The van der Waals surface area contributed by atoms with Crippen LogP contribution in [0.25, 0.3) is 0 Å². The Morgan fingerprint density at radius 2 is 2.12 bits per heavy atom. The van der Waals surface area contributed by atoms with Gasteiger partial charge in [0.2, 0.25) is 5.91 Å². The second-order valence-corrected chi connectivity index (χ2v) is 3.33. The van der Waals surface area contributed by atoms with Gasteiger partial charge in [-0.1, -0.05) is 0 Å². The SMILES string of the molecule is NC(=O)c1ccc(NCc2ncc[nH]2)cc1. The summed E-state index contributed by atoms with van der Waals surface area (Å²) in [5.41, 5.74) is 6.56. The molecule has 1 heterocycles. The predicted molar refractivity (Wildman–Crippen MR) is 60.9 cm³/mol. The van der Waals surface area contributed by atoms with Gasteiger partial charge in [-0.3, -0.25) is 4.79 Å². The number of carbonyl (C=O) groups excluding carboxylic acids is 1. The smallest absolute Gasteiger partial charge is 0.248 e. The number of rotatable bonds is 4. The number of nitrogens with one attached hydrogen (secondary N) is 2. The molecule has 16 heavy (non-hydrogen) atoms. The number of amides is 1. The third kappa shape index (κ3) is 2.38. The summed E-state index contributed by atoms with van der Waals surface area (Å²) in [5.74, 6) is 0.441. The lowest BCUT2D eigenvalue weighted by Crippen LogP contribution is -2.10. The monoisotopic (exact) mass is 216 g/mol. The van der Waals surface area contributed by atoms with Gasteiger partial charge >= 0.3 is 0 Å². The van der Waals surface area contributed by atoms with Crippen molar-refractivity contribution >= 4 is 11.6 Å². The minimum Gasteiger partial charge on any atom is -0.378 e. The first-order chi connectivity index (χ1) is 7.75. The lowest BCUT2D eigenvalue weighted by Gasteiger charge is -2.04. The molecule has 0 fully saturated rings. The maximum absolute atomic E-state index is 10.8. The number of anilines is 1. The second-order valence-electron chi connectivity index (χ2n) is 3.33. The molecule has 4 N–H and O–H groups in total. The summed E-state index contributed by atoms with van der Waals surface area (Å²) >= 11 is 0. The van der Waals surface area contributed by atoms with Crippen molar-refractivity contribution in [2.45, 2.75) is 6.54 Å². The molecule has 0 radical (unpaired) electrons. The molecule has 5 heteroatoms. The Bertz CT molecular complexity index is 461. The number of aromatic nitrogens is 2. The second kappa shape index (κ2) is 4.48. The molecule has 0 bridgehead atoms. The summed E-state index contributed by atoms with van der Waals surface area (Å²) in [6.45, 7) is 0.614. The molecule has 5 nitrogen and oxygen atoms in total. The summed E-state index contributed by atoms with van der Waals surface area (Å²) in [5, 5.41) is 3.17. The van der Waals surface area contributed by atoms with Gasteiger partial charge in [0.15, 0.2) is 0 Å². The molecule has 0 aliphatic rings. The number of primary amides is 1. The highest BCUT2D eigenvalue weighted by Crippen LogP contribution is 2.09. The summed E-state index contributed by atoms with van der Waals surface area (Å²) in [6, 6.07) is 6.99. The van der Waals surface area contributed by atoms with E-state index in [0.717, 1.165) is 11.5 Å². The highest BCUT2D eigenvalue weighted by molar-refractivity contribution is 5.93. The van der Waals surface area contributed by atoms with Crippen LogP contribution < -0.4 is 11.1 Å². The van der Waals surface area contributed by atoms with Gasteiger partial charge in [-0.25, -0.2) is 4.98 Å². The molecule has 2 aromatic rings. The lowest BCUT2D eigenvalue weighted by atomic mass is 10.2. The summed E-state index contributed by atoms with van der Waals surface area (Å²) in [6.07, 6.45) is 3.47. The molecule has 82 valence electrons. The van der Waals surface area contributed by atoms with Gasteiger partial charge < -0.3 is 16.0 Å². The molecule has 1 aromatic carbocycles. The summed E-state index contributed by atoms with van der Waals surface area (Å²) in [4.78, 5) is 17.9. The maximum atomic E-state index is 10.8. The van der Waals surface area contributed by atoms with Gasteiger partial charge in [-0.15, -0.1) is 0 Å². The molecule has 0 saturated heterocycles. The quantitative estimate of drug-likeness (QED) is 0.716. The van der Waals surface area contributed by atoms with Gasteiger partial charge in [0.1, 0.15) is 5.82 Å². The highest BCUT2D eigenvalue weighted by atomic mass is 16.1. The van der Waals surface area contributed by atoms with Crippen LogP contribution in [-0.4, -0.2) is 15.9 Å². The highest BCUT2D eigenvalue weighted by Gasteiger charge is 1.99. The molecule has 0 atom stereocenters. The zero-order valence-electron chi connectivity index (χ0n) is 8.60. The lowest BCUT2D eigenvalue weighted by molar-refractivity contribution is 0.100. The third-order valence-electron chi connectivity index (χ3n) is 2.18. The summed E-state index contributed by atoms with van der Waals surface area (Å²) < 4.78 is 0. The Kier molecular flexibility index (Phi) is 2.86. The van der Waals surface area contributed by atoms with E-state index in [1.165, 1.54) is 0 Å². The van der Waals surface area contributed by atoms with E-state index in [4.69, 9.17) is 5.73 Å². The van der Waals surface area contributed by atoms with E-state index >= 15 is 0 Å². The van der Waals surface area contributed by atoms with Crippen molar-refractivity contribution in [2.75, 3.05) is 5.32 Å². The van der Waals surface area contributed by atoms with Gasteiger partial charge in [0.05, 0.1) is 6.54 Å². The van der Waals surface area contributed by atoms with E-state index in [-0.39, 0.29) is 0 Å². The number of benzene rings is 1. The number of imidazole rings is 1. The standard InChI is InChI=1S/C11H12N4O/c12-11(16)8-1-3-9(4-2-8)15-7-10-13-5-6-14-10/h1-6,15H,7H2,(H2,12,16)(H,13,14). The van der Waals surface area contributed by atoms with Crippen molar-refractivity contribution in [1.29, 1.82) is 0 Å². The first kappa shape index (κ1) is 10.2.